The molecule has 0 aliphatic rings. The molecule has 0 saturated carbocycles. The molecule has 0 spiro atoms. The second kappa shape index (κ2) is 16.0. The quantitative estimate of drug-likeness (QED) is 0.513. The molecule has 0 N–H and O–H groups in total. The van der Waals surface area contributed by atoms with Crippen molar-refractivity contribution in [2.24, 2.45) is 0 Å². The monoisotopic (exact) mass is 279 g/mol. The van der Waals surface area contributed by atoms with Gasteiger partial charge in [0.05, 0.1) is 0 Å². The van der Waals surface area contributed by atoms with Gasteiger partial charge in [-0.3, -0.25) is 0 Å². The van der Waals surface area contributed by atoms with Gasteiger partial charge in [0.1, 0.15) is 0 Å². The fraction of sp³-hybridized carbons (Fsp3) is 0.929. The molecule has 0 aliphatic carbocycles. The Hall–Kier alpha value is 0.00247. The molecule has 0 bridgehead atoms. The van der Waals surface area contributed by atoms with Gasteiger partial charge < -0.3 is 9.90 Å². The van der Waals surface area contributed by atoms with Crippen molar-refractivity contribution in [1.82, 2.24) is 0 Å². The fourth-order valence-corrected chi connectivity index (χ4v) is 1.93. The summed E-state index contributed by atoms with van der Waals surface area (Å²) in [4.78, 5) is 10.1. The van der Waals surface area contributed by atoms with Crippen LogP contribution in [0.3, 0.4) is 0 Å². The van der Waals surface area contributed by atoms with Crippen molar-refractivity contribution in [3.05, 3.63) is 0 Å². The van der Waals surface area contributed by atoms with E-state index in [4.69, 9.17) is 0 Å². The van der Waals surface area contributed by atoms with E-state index in [-0.39, 0.29) is 23.8 Å². The van der Waals surface area contributed by atoms with Crippen LogP contribution < -0.4 is 5.11 Å². The first-order chi connectivity index (χ1) is 7.77. The minimum absolute atomic E-state index is 0. The van der Waals surface area contributed by atoms with E-state index in [0.29, 0.717) is 0 Å². The van der Waals surface area contributed by atoms with E-state index in [2.05, 4.69) is 6.92 Å². The molecule has 17 heavy (non-hydrogen) atoms. The summed E-state index contributed by atoms with van der Waals surface area (Å²) in [5.41, 5.74) is 0. The SMILES string of the molecule is CCCCCCCCCCCCCC(=O)[O-].[Cr+3]. The summed E-state index contributed by atoms with van der Waals surface area (Å²) in [7, 11) is 0. The smallest absolute Gasteiger partial charge is 0.550 e. The Morgan fingerprint density at radius 2 is 1.12 bits per heavy atom. The summed E-state index contributed by atoms with van der Waals surface area (Å²) in [6.07, 6.45) is 14.0. The summed E-state index contributed by atoms with van der Waals surface area (Å²) in [6, 6.07) is 0. The van der Waals surface area contributed by atoms with E-state index < -0.39 is 5.97 Å². The summed E-state index contributed by atoms with van der Waals surface area (Å²) in [5.74, 6) is -0.907. The third-order valence-corrected chi connectivity index (χ3v) is 2.98. The Morgan fingerprint density at radius 3 is 1.47 bits per heavy atom. The predicted octanol–water partition coefficient (Wildman–Crippen LogP) is 3.43. The maximum Gasteiger partial charge on any atom is 3.00 e. The van der Waals surface area contributed by atoms with Crippen molar-refractivity contribution in [2.75, 3.05) is 0 Å². The van der Waals surface area contributed by atoms with Gasteiger partial charge >= 0.3 is 17.4 Å². The molecule has 0 aromatic heterocycles. The minimum atomic E-state index is -0.907. The summed E-state index contributed by atoms with van der Waals surface area (Å²) < 4.78 is 0. The molecule has 0 aromatic carbocycles. The molecule has 0 aliphatic heterocycles. The van der Waals surface area contributed by atoms with Crippen LogP contribution in [0.2, 0.25) is 0 Å². The van der Waals surface area contributed by atoms with Crippen LogP contribution in [-0.2, 0) is 22.2 Å². The Kier molecular flexibility index (Phi) is 18.2. The number of unbranched alkanes of at least 4 members (excludes halogenated alkanes) is 10. The number of rotatable bonds is 12. The molecular weight excluding hydrogens is 252 g/mol. The first-order valence-corrected chi connectivity index (χ1v) is 6.97. The van der Waals surface area contributed by atoms with Gasteiger partial charge in [0.25, 0.3) is 0 Å². The van der Waals surface area contributed by atoms with Crippen LogP contribution >= 0.6 is 0 Å². The average molecular weight is 279 g/mol. The first kappa shape index (κ1) is 19.3. The van der Waals surface area contributed by atoms with Gasteiger partial charge in [-0.15, -0.1) is 0 Å². The van der Waals surface area contributed by atoms with E-state index in [0.717, 1.165) is 12.8 Å². The van der Waals surface area contributed by atoms with Crippen molar-refractivity contribution in [3.8, 4) is 0 Å². The van der Waals surface area contributed by atoms with Crippen LogP contribution in [0.15, 0.2) is 0 Å². The van der Waals surface area contributed by atoms with Crippen molar-refractivity contribution in [1.29, 1.82) is 0 Å². The minimum Gasteiger partial charge on any atom is -0.550 e. The van der Waals surface area contributed by atoms with Crippen LogP contribution in [0, 0.1) is 0 Å². The molecule has 99 valence electrons. The van der Waals surface area contributed by atoms with Crippen LogP contribution in [0.5, 0.6) is 0 Å². The summed E-state index contributed by atoms with van der Waals surface area (Å²) in [5, 5.41) is 10.1. The standard InChI is InChI=1S/C14H28O2.Cr/c1-2-3-4-5-6-7-8-9-10-11-12-13-14(15)16;/h2-13H2,1H3,(H,15,16);/q;+3/p-1. The molecule has 0 fully saturated rings. The van der Waals surface area contributed by atoms with Crippen LogP contribution in [0.4, 0.5) is 0 Å². The predicted molar refractivity (Wildman–Crippen MR) is 66.1 cm³/mol. The molecule has 0 amide bonds. The number of hydrogen-bond donors (Lipinski definition) is 0. The molecule has 0 heterocycles. The van der Waals surface area contributed by atoms with Crippen molar-refractivity contribution < 1.29 is 27.3 Å². The molecule has 1 radical (unpaired) electrons. The fourth-order valence-electron chi connectivity index (χ4n) is 1.93. The van der Waals surface area contributed by atoms with Crippen molar-refractivity contribution in [2.45, 2.75) is 84.0 Å². The number of hydrogen-bond acceptors (Lipinski definition) is 2. The van der Waals surface area contributed by atoms with Gasteiger partial charge in [-0.1, -0.05) is 71.1 Å². The van der Waals surface area contributed by atoms with E-state index in [1.54, 1.807) is 0 Å². The molecule has 0 atom stereocenters. The van der Waals surface area contributed by atoms with Crippen molar-refractivity contribution in [3.63, 3.8) is 0 Å². The average Bonchev–Trinajstić information content (AvgIpc) is 2.25. The van der Waals surface area contributed by atoms with E-state index >= 15 is 0 Å². The molecule has 0 aromatic rings. The molecule has 3 heteroatoms. The van der Waals surface area contributed by atoms with Crippen molar-refractivity contribution >= 4 is 5.97 Å². The zero-order chi connectivity index (χ0) is 12.1. The van der Waals surface area contributed by atoms with E-state index in [9.17, 15) is 9.90 Å². The second-order valence-electron chi connectivity index (χ2n) is 4.66. The largest absolute Gasteiger partial charge is 3.00 e. The maximum atomic E-state index is 10.1. The second-order valence-corrected chi connectivity index (χ2v) is 4.66. The number of carboxylic acids is 1. The normalized spacial score (nSPS) is 9.94. The van der Waals surface area contributed by atoms with Crippen LogP contribution in [-0.4, -0.2) is 5.97 Å². The van der Waals surface area contributed by atoms with Gasteiger partial charge in [0.15, 0.2) is 0 Å². The van der Waals surface area contributed by atoms with Gasteiger partial charge in [0, 0.05) is 5.97 Å². The van der Waals surface area contributed by atoms with E-state index in [1.165, 1.54) is 57.8 Å². The summed E-state index contributed by atoms with van der Waals surface area (Å²) >= 11 is 0. The third kappa shape index (κ3) is 18.6. The van der Waals surface area contributed by atoms with Crippen LogP contribution in [0.1, 0.15) is 84.0 Å². The molecular formula is C14H27CrO2+2. The zero-order valence-corrected chi connectivity index (χ0v) is 12.5. The number of aliphatic carboxylic acids is 1. The topological polar surface area (TPSA) is 40.1 Å². The molecule has 0 rings (SSSR count). The van der Waals surface area contributed by atoms with Gasteiger partial charge in [-0.25, -0.2) is 0 Å². The van der Waals surface area contributed by atoms with E-state index in [1.807, 2.05) is 0 Å². The molecule has 0 unspecified atom stereocenters. The Balaban J connectivity index is 0. The Bertz CT molecular complexity index is 160. The van der Waals surface area contributed by atoms with Crippen LogP contribution in [0.25, 0.3) is 0 Å². The number of carbonyl (C=O) groups is 1. The molecule has 2 nitrogen and oxygen atoms in total. The molecule has 0 saturated heterocycles. The third-order valence-electron chi connectivity index (χ3n) is 2.98. The first-order valence-electron chi connectivity index (χ1n) is 6.97. The summed E-state index contributed by atoms with van der Waals surface area (Å²) in [6.45, 7) is 2.24. The number of carboxylic acid groups (broad SMARTS) is 1. The Morgan fingerprint density at radius 1 is 0.765 bits per heavy atom. The number of carbonyl (C=O) groups excluding carboxylic acids is 1. The Labute approximate surface area is 117 Å². The maximum absolute atomic E-state index is 10.1. The van der Waals surface area contributed by atoms with Gasteiger partial charge in [0.2, 0.25) is 0 Å². The van der Waals surface area contributed by atoms with Gasteiger partial charge in [-0.2, -0.15) is 0 Å². The van der Waals surface area contributed by atoms with Gasteiger partial charge in [-0.05, 0) is 12.8 Å². The zero-order valence-electron chi connectivity index (χ0n) is 11.2.